The highest BCUT2D eigenvalue weighted by molar-refractivity contribution is 5.91. The molecular formula is C11H14F5NO3. The maximum absolute atomic E-state index is 12.9. The van der Waals surface area contributed by atoms with E-state index in [0.29, 0.717) is 12.8 Å². The lowest BCUT2D eigenvalue weighted by Crippen LogP contribution is -2.62. The van der Waals surface area contributed by atoms with E-state index in [1.807, 2.05) is 0 Å². The number of carboxylic acids is 1. The van der Waals surface area contributed by atoms with Crippen LogP contribution in [-0.2, 0) is 9.59 Å². The van der Waals surface area contributed by atoms with Crippen LogP contribution < -0.4 is 5.32 Å². The number of nitrogens with one attached hydrogen (secondary N) is 1. The lowest BCUT2D eigenvalue weighted by atomic mass is 9.77. The molecule has 0 aromatic carbocycles. The number of carbonyl (C=O) groups is 2. The van der Waals surface area contributed by atoms with Crippen molar-refractivity contribution in [1.82, 2.24) is 5.32 Å². The van der Waals surface area contributed by atoms with E-state index in [9.17, 15) is 31.5 Å². The second-order valence-electron chi connectivity index (χ2n) is 5.10. The summed E-state index contributed by atoms with van der Waals surface area (Å²) in [5.74, 6) is -9.71. The first-order valence-electron chi connectivity index (χ1n) is 5.93. The van der Waals surface area contributed by atoms with Gasteiger partial charge in [0.1, 0.15) is 5.54 Å². The molecule has 0 aromatic heterocycles. The van der Waals surface area contributed by atoms with Crippen molar-refractivity contribution in [3.8, 4) is 0 Å². The fourth-order valence-corrected chi connectivity index (χ4v) is 2.07. The summed E-state index contributed by atoms with van der Waals surface area (Å²) in [4.78, 5) is 22.3. The Kier molecular flexibility index (Phi) is 4.31. The van der Waals surface area contributed by atoms with E-state index in [2.05, 4.69) is 0 Å². The van der Waals surface area contributed by atoms with E-state index in [1.165, 1.54) is 5.32 Å². The summed E-state index contributed by atoms with van der Waals surface area (Å²) < 4.78 is 61.9. The van der Waals surface area contributed by atoms with Crippen LogP contribution in [0.25, 0.3) is 0 Å². The summed E-state index contributed by atoms with van der Waals surface area (Å²) in [5, 5.41) is 10.4. The van der Waals surface area contributed by atoms with Crippen molar-refractivity contribution in [3.63, 3.8) is 0 Å². The zero-order valence-electron chi connectivity index (χ0n) is 10.6. The molecule has 20 heavy (non-hydrogen) atoms. The highest BCUT2D eigenvalue weighted by Gasteiger charge is 2.64. The number of carbonyl (C=O) groups excluding carboxylic acids is 1. The Hall–Kier alpha value is -1.41. The van der Waals surface area contributed by atoms with Gasteiger partial charge in [-0.15, -0.1) is 0 Å². The van der Waals surface area contributed by atoms with Crippen LogP contribution in [0.3, 0.4) is 0 Å². The van der Waals surface area contributed by atoms with Crippen molar-refractivity contribution in [2.45, 2.75) is 50.2 Å². The van der Waals surface area contributed by atoms with E-state index < -0.39 is 29.5 Å². The van der Waals surface area contributed by atoms with Gasteiger partial charge in [-0.3, -0.25) is 4.79 Å². The van der Waals surface area contributed by atoms with Crippen molar-refractivity contribution in [2.75, 3.05) is 0 Å². The van der Waals surface area contributed by atoms with Gasteiger partial charge in [0.2, 0.25) is 0 Å². The minimum Gasteiger partial charge on any atom is -0.480 e. The summed E-state index contributed by atoms with van der Waals surface area (Å²) in [6.45, 7) is 1.80. The second kappa shape index (κ2) is 5.17. The van der Waals surface area contributed by atoms with Gasteiger partial charge in [-0.25, -0.2) is 4.79 Å². The van der Waals surface area contributed by atoms with Gasteiger partial charge in [-0.1, -0.05) is 6.92 Å². The molecule has 1 rings (SSSR count). The van der Waals surface area contributed by atoms with Crippen LogP contribution in [0, 0.1) is 5.92 Å². The number of alkyl halides is 5. The highest BCUT2D eigenvalue weighted by Crippen LogP contribution is 2.38. The first-order valence-corrected chi connectivity index (χ1v) is 5.93. The van der Waals surface area contributed by atoms with E-state index in [4.69, 9.17) is 5.11 Å². The molecule has 4 nitrogen and oxygen atoms in total. The number of hydrogen-bond donors (Lipinski definition) is 2. The lowest BCUT2D eigenvalue weighted by Gasteiger charge is -2.37. The first-order chi connectivity index (χ1) is 8.92. The fraction of sp³-hybridized carbons (Fsp3) is 0.818. The number of amides is 1. The maximum Gasteiger partial charge on any atom is 0.463 e. The number of rotatable bonds is 3. The molecule has 1 aliphatic carbocycles. The van der Waals surface area contributed by atoms with Crippen LogP contribution >= 0.6 is 0 Å². The molecule has 0 aliphatic heterocycles. The van der Waals surface area contributed by atoms with E-state index in [1.54, 1.807) is 6.92 Å². The van der Waals surface area contributed by atoms with Gasteiger partial charge >= 0.3 is 24.0 Å². The third kappa shape index (κ3) is 3.01. The molecular weight excluding hydrogens is 289 g/mol. The predicted octanol–water partition coefficient (Wildman–Crippen LogP) is 2.33. The van der Waals surface area contributed by atoms with Crippen molar-refractivity contribution >= 4 is 11.9 Å². The molecule has 1 saturated carbocycles. The van der Waals surface area contributed by atoms with Crippen LogP contribution in [0.15, 0.2) is 0 Å². The van der Waals surface area contributed by atoms with Crippen molar-refractivity contribution in [3.05, 3.63) is 0 Å². The minimum atomic E-state index is -6.06. The quantitative estimate of drug-likeness (QED) is 0.786. The van der Waals surface area contributed by atoms with Gasteiger partial charge in [-0.2, -0.15) is 22.0 Å². The van der Waals surface area contributed by atoms with Crippen LogP contribution in [0.1, 0.15) is 32.6 Å². The SMILES string of the molecule is CC1CCC(NC(=O)C(F)(F)C(F)(F)F)(C(=O)O)CC1. The third-order valence-corrected chi connectivity index (χ3v) is 3.53. The van der Waals surface area contributed by atoms with Crippen molar-refractivity contribution in [2.24, 2.45) is 5.92 Å². The molecule has 1 fully saturated rings. The fourth-order valence-electron chi connectivity index (χ4n) is 2.07. The Morgan fingerprint density at radius 2 is 1.60 bits per heavy atom. The molecule has 0 spiro atoms. The lowest BCUT2D eigenvalue weighted by molar-refractivity contribution is -0.270. The smallest absolute Gasteiger partial charge is 0.463 e. The van der Waals surface area contributed by atoms with Gasteiger partial charge in [0.05, 0.1) is 0 Å². The van der Waals surface area contributed by atoms with Gasteiger partial charge in [0.15, 0.2) is 0 Å². The van der Waals surface area contributed by atoms with E-state index >= 15 is 0 Å². The topological polar surface area (TPSA) is 66.4 Å². The zero-order chi connectivity index (χ0) is 15.8. The van der Waals surface area contributed by atoms with Gasteiger partial charge < -0.3 is 10.4 Å². The van der Waals surface area contributed by atoms with Gasteiger partial charge in [0, 0.05) is 0 Å². The Labute approximate surface area is 111 Å². The zero-order valence-corrected chi connectivity index (χ0v) is 10.6. The normalized spacial score (nSPS) is 28.0. The average molecular weight is 303 g/mol. The summed E-state index contributed by atoms with van der Waals surface area (Å²) >= 11 is 0. The molecule has 9 heteroatoms. The Morgan fingerprint density at radius 3 is 1.95 bits per heavy atom. The molecule has 0 aromatic rings. The number of halogens is 5. The molecule has 2 N–H and O–H groups in total. The maximum atomic E-state index is 12.9. The van der Waals surface area contributed by atoms with Crippen molar-refractivity contribution in [1.29, 1.82) is 0 Å². The Morgan fingerprint density at radius 1 is 1.15 bits per heavy atom. The third-order valence-electron chi connectivity index (χ3n) is 3.53. The van der Waals surface area contributed by atoms with Gasteiger partial charge in [-0.05, 0) is 31.6 Å². The van der Waals surface area contributed by atoms with Gasteiger partial charge in [0.25, 0.3) is 0 Å². The molecule has 0 radical (unpaired) electrons. The van der Waals surface area contributed by atoms with Crippen LogP contribution in [0.2, 0.25) is 0 Å². The highest BCUT2D eigenvalue weighted by atomic mass is 19.4. The predicted molar refractivity (Wildman–Crippen MR) is 57.1 cm³/mol. The average Bonchev–Trinajstić information content (AvgIpc) is 2.30. The second-order valence-corrected chi connectivity index (χ2v) is 5.10. The molecule has 0 heterocycles. The molecule has 0 atom stereocenters. The first kappa shape index (κ1) is 16.6. The Balaban J connectivity index is 2.93. The largest absolute Gasteiger partial charge is 0.480 e. The van der Waals surface area contributed by atoms with Crippen LogP contribution in [0.5, 0.6) is 0 Å². The summed E-state index contributed by atoms with van der Waals surface area (Å²) in [7, 11) is 0. The molecule has 1 amide bonds. The molecule has 0 saturated heterocycles. The number of hydrogen-bond acceptors (Lipinski definition) is 2. The summed E-state index contributed by atoms with van der Waals surface area (Å²) in [6.07, 6.45) is -5.76. The van der Waals surface area contributed by atoms with Crippen molar-refractivity contribution < 1.29 is 36.6 Å². The van der Waals surface area contributed by atoms with Crippen LogP contribution in [-0.4, -0.2) is 34.6 Å². The standard InChI is InChI=1S/C11H14F5NO3/c1-6-2-4-9(5-3-6,8(19)20)17-7(18)10(12,13)11(14,15)16/h6H,2-5H2,1H3,(H,17,18)(H,19,20). The van der Waals surface area contributed by atoms with Crippen LogP contribution in [0.4, 0.5) is 22.0 Å². The minimum absolute atomic E-state index is 0.127. The summed E-state index contributed by atoms with van der Waals surface area (Å²) in [6, 6.07) is 0. The Bertz CT molecular complexity index is 399. The monoisotopic (exact) mass is 303 g/mol. The number of carboxylic acid groups (broad SMARTS) is 1. The molecule has 116 valence electrons. The van der Waals surface area contributed by atoms with E-state index in [-0.39, 0.29) is 18.8 Å². The molecule has 0 bridgehead atoms. The number of aliphatic carboxylic acids is 1. The molecule has 1 aliphatic rings. The molecule has 0 unspecified atom stereocenters. The van der Waals surface area contributed by atoms with E-state index in [0.717, 1.165) is 0 Å². The summed E-state index contributed by atoms with van der Waals surface area (Å²) in [5.41, 5.74) is -2.06.